The number of quaternary nitrogens is 1. The highest BCUT2D eigenvalue weighted by molar-refractivity contribution is 5.69. The van der Waals surface area contributed by atoms with Crippen molar-refractivity contribution < 1.29 is 37.9 Å². The molecule has 0 radical (unpaired) electrons. The molecule has 1 atom stereocenters. The molecule has 0 aromatic carbocycles. The number of carbonyl (C=O) groups is 1. The molecule has 0 spiro atoms. The quantitative estimate of drug-likeness (QED) is 0.398. The van der Waals surface area contributed by atoms with Crippen molar-refractivity contribution in [2.75, 3.05) is 20.8 Å². The molecule has 0 saturated heterocycles. The van der Waals surface area contributed by atoms with Crippen molar-refractivity contribution in [3.63, 3.8) is 0 Å². The van der Waals surface area contributed by atoms with Crippen LogP contribution >= 0.6 is 0 Å². The standard InChI is InChI=1S/C5H11NO3.CH4O.ClH/c1-9-5(8)2-4(7)3-6;1-2;/h4,7H,2-3,6H2,1H3;2H,1H3;1H. The summed E-state index contributed by atoms with van der Waals surface area (Å²) in [5, 5.41) is 15.8. The predicted molar refractivity (Wildman–Crippen MR) is 38.5 cm³/mol. The number of methoxy groups -OCH3 is 1. The van der Waals surface area contributed by atoms with Gasteiger partial charge < -0.3 is 33.1 Å². The Morgan fingerprint density at radius 3 is 2.25 bits per heavy atom. The monoisotopic (exact) mass is 201 g/mol. The number of rotatable bonds is 3. The van der Waals surface area contributed by atoms with Crippen LogP contribution in [-0.4, -0.2) is 43.1 Å². The third-order valence-corrected chi connectivity index (χ3v) is 0.963. The number of hydrogen-bond acceptors (Lipinski definition) is 4. The van der Waals surface area contributed by atoms with Crippen molar-refractivity contribution in [1.29, 1.82) is 0 Å². The Kier molecular flexibility index (Phi) is 19.5. The highest BCUT2D eigenvalue weighted by Crippen LogP contribution is 1.89. The molecule has 1 unspecified atom stereocenters. The first-order valence-electron chi connectivity index (χ1n) is 3.19. The molecule has 5 nitrogen and oxygen atoms in total. The molecule has 5 N–H and O–H groups in total. The number of ether oxygens (including phenoxy) is 1. The van der Waals surface area contributed by atoms with Crippen LogP contribution in [0.2, 0.25) is 0 Å². The molecule has 0 bridgehead atoms. The van der Waals surface area contributed by atoms with Gasteiger partial charge in [0.05, 0.1) is 13.5 Å². The van der Waals surface area contributed by atoms with Gasteiger partial charge in [-0.2, -0.15) is 0 Å². The number of hydrogen-bond donors (Lipinski definition) is 3. The molecule has 0 aromatic rings. The first kappa shape index (κ1) is 17.7. The van der Waals surface area contributed by atoms with Gasteiger partial charge in [-0.05, 0) is 0 Å². The van der Waals surface area contributed by atoms with Crippen molar-refractivity contribution in [3.05, 3.63) is 0 Å². The second-order valence-corrected chi connectivity index (χ2v) is 1.72. The largest absolute Gasteiger partial charge is 1.00 e. The average Bonchev–Trinajstić information content (AvgIpc) is 2.07. The van der Waals surface area contributed by atoms with E-state index in [-0.39, 0.29) is 18.8 Å². The van der Waals surface area contributed by atoms with E-state index in [9.17, 15) is 4.79 Å². The van der Waals surface area contributed by atoms with E-state index in [0.29, 0.717) is 6.54 Å². The topological polar surface area (TPSA) is 94.4 Å². The van der Waals surface area contributed by atoms with Gasteiger partial charge in [0.1, 0.15) is 12.6 Å². The molecular formula is C6H16ClNO4. The van der Waals surface area contributed by atoms with Gasteiger partial charge >= 0.3 is 5.97 Å². The molecule has 0 rings (SSSR count). The van der Waals surface area contributed by atoms with E-state index >= 15 is 0 Å². The van der Waals surface area contributed by atoms with E-state index in [0.717, 1.165) is 7.11 Å². The van der Waals surface area contributed by atoms with Crippen molar-refractivity contribution in [2.24, 2.45) is 0 Å². The fraction of sp³-hybridized carbons (Fsp3) is 0.833. The molecule has 76 valence electrons. The van der Waals surface area contributed by atoms with Gasteiger partial charge in [0.15, 0.2) is 0 Å². The molecule has 0 saturated carbocycles. The van der Waals surface area contributed by atoms with Gasteiger partial charge in [0.2, 0.25) is 0 Å². The van der Waals surface area contributed by atoms with Crippen molar-refractivity contribution in [3.8, 4) is 0 Å². The SMILES string of the molecule is CO.COC(=O)CC(O)C[NH3+].[Cl-]. The third-order valence-electron chi connectivity index (χ3n) is 0.963. The Bertz CT molecular complexity index is 102. The Labute approximate surface area is 77.9 Å². The first-order valence-corrected chi connectivity index (χ1v) is 3.19. The van der Waals surface area contributed by atoms with Gasteiger partial charge in [0, 0.05) is 7.11 Å². The van der Waals surface area contributed by atoms with Crippen LogP contribution in [0.4, 0.5) is 0 Å². The minimum absolute atomic E-state index is 0. The summed E-state index contributed by atoms with van der Waals surface area (Å²) in [6.07, 6.45) is -0.613. The normalized spacial score (nSPS) is 10.1. The van der Waals surface area contributed by atoms with E-state index in [1.54, 1.807) is 0 Å². The number of halogens is 1. The summed E-state index contributed by atoms with van der Waals surface area (Å²) >= 11 is 0. The van der Waals surface area contributed by atoms with Crippen LogP contribution in [0.3, 0.4) is 0 Å². The summed E-state index contributed by atoms with van der Waals surface area (Å²) in [6.45, 7) is 0.342. The Balaban J connectivity index is -0.000000249. The van der Waals surface area contributed by atoms with Crippen LogP contribution < -0.4 is 18.1 Å². The summed E-state index contributed by atoms with van der Waals surface area (Å²) in [6, 6.07) is 0. The molecule has 6 heteroatoms. The Hall–Kier alpha value is -0.360. The molecule has 0 amide bonds. The lowest BCUT2D eigenvalue weighted by Gasteiger charge is -2.01. The molecule has 12 heavy (non-hydrogen) atoms. The van der Waals surface area contributed by atoms with E-state index in [4.69, 9.17) is 10.2 Å². The molecular weight excluding hydrogens is 186 g/mol. The molecule has 0 aliphatic rings. The maximum Gasteiger partial charge on any atom is 0.308 e. The second-order valence-electron chi connectivity index (χ2n) is 1.72. The van der Waals surface area contributed by atoms with Gasteiger partial charge in [-0.15, -0.1) is 0 Å². The molecule has 0 heterocycles. The third kappa shape index (κ3) is 12.3. The minimum Gasteiger partial charge on any atom is -1.00 e. The van der Waals surface area contributed by atoms with Crippen LogP contribution in [-0.2, 0) is 9.53 Å². The van der Waals surface area contributed by atoms with Crippen molar-refractivity contribution in [2.45, 2.75) is 12.5 Å². The summed E-state index contributed by atoms with van der Waals surface area (Å²) < 4.78 is 4.30. The number of aliphatic hydroxyl groups excluding tert-OH is 2. The molecule has 0 aromatic heterocycles. The van der Waals surface area contributed by atoms with Crippen LogP contribution in [0.5, 0.6) is 0 Å². The molecule has 0 fully saturated rings. The van der Waals surface area contributed by atoms with Gasteiger partial charge in [0.25, 0.3) is 0 Å². The number of aliphatic hydroxyl groups is 2. The molecule has 0 aliphatic carbocycles. The van der Waals surface area contributed by atoms with E-state index < -0.39 is 12.1 Å². The van der Waals surface area contributed by atoms with Crippen LogP contribution in [0.15, 0.2) is 0 Å². The lowest BCUT2D eigenvalue weighted by Crippen LogP contribution is -3.00. The summed E-state index contributed by atoms with van der Waals surface area (Å²) in [5.41, 5.74) is 3.42. The van der Waals surface area contributed by atoms with E-state index in [1.165, 1.54) is 7.11 Å². The smallest absolute Gasteiger partial charge is 0.308 e. The zero-order chi connectivity index (χ0) is 9.28. The lowest BCUT2D eigenvalue weighted by molar-refractivity contribution is -0.383. The summed E-state index contributed by atoms with van der Waals surface area (Å²) in [5.74, 6) is -0.397. The Morgan fingerprint density at radius 2 is 2.00 bits per heavy atom. The van der Waals surface area contributed by atoms with Crippen LogP contribution in [0.1, 0.15) is 6.42 Å². The highest BCUT2D eigenvalue weighted by atomic mass is 35.5. The van der Waals surface area contributed by atoms with Crippen LogP contribution in [0, 0.1) is 0 Å². The summed E-state index contributed by atoms with van der Waals surface area (Å²) in [7, 11) is 2.29. The van der Waals surface area contributed by atoms with Crippen LogP contribution in [0.25, 0.3) is 0 Å². The summed E-state index contributed by atoms with van der Waals surface area (Å²) in [4.78, 5) is 10.4. The fourth-order valence-corrected chi connectivity index (χ4v) is 0.378. The fourth-order valence-electron chi connectivity index (χ4n) is 0.378. The first-order chi connectivity index (χ1) is 5.20. The van der Waals surface area contributed by atoms with Gasteiger partial charge in [-0.3, -0.25) is 4.79 Å². The second kappa shape index (κ2) is 13.2. The van der Waals surface area contributed by atoms with Gasteiger partial charge in [-0.1, -0.05) is 0 Å². The number of esters is 1. The highest BCUT2D eigenvalue weighted by Gasteiger charge is 2.09. The van der Waals surface area contributed by atoms with E-state index in [1.807, 2.05) is 0 Å². The van der Waals surface area contributed by atoms with Crippen molar-refractivity contribution >= 4 is 5.97 Å². The lowest BCUT2D eigenvalue weighted by atomic mass is 10.2. The zero-order valence-electron chi connectivity index (χ0n) is 7.29. The predicted octanol–water partition coefficient (Wildman–Crippen LogP) is -5.24. The Morgan fingerprint density at radius 1 is 1.58 bits per heavy atom. The molecule has 0 aliphatic heterocycles. The minimum atomic E-state index is -0.655. The number of carbonyl (C=O) groups excluding carboxylic acids is 1. The van der Waals surface area contributed by atoms with Crippen molar-refractivity contribution in [1.82, 2.24) is 0 Å². The zero-order valence-corrected chi connectivity index (χ0v) is 8.04. The van der Waals surface area contributed by atoms with E-state index in [2.05, 4.69) is 10.5 Å². The van der Waals surface area contributed by atoms with Gasteiger partial charge in [-0.25, -0.2) is 0 Å². The maximum atomic E-state index is 10.4. The average molecular weight is 202 g/mol. The maximum absolute atomic E-state index is 10.4.